The molecule has 1 aromatic heterocycles. The molecule has 0 saturated carbocycles. The largest absolute Gasteiger partial charge is 0.434 e. The lowest BCUT2D eigenvalue weighted by atomic mass is 10.6. The number of rotatable bonds is 2. The van der Waals surface area contributed by atoms with Crippen molar-refractivity contribution in [2.45, 2.75) is 0 Å². The van der Waals surface area contributed by atoms with Crippen LogP contribution in [0.4, 0.5) is 11.8 Å². The van der Waals surface area contributed by atoms with E-state index in [4.69, 9.17) is 9.83 Å². The SMILES string of the molecule is CN1CN(c2ccc([N+](=O)[O-])o2)N(C)C1=N. The van der Waals surface area contributed by atoms with Gasteiger partial charge in [-0.2, -0.15) is 0 Å². The Bertz CT molecular complexity index is 443. The van der Waals surface area contributed by atoms with Crippen LogP contribution in [0.5, 0.6) is 0 Å². The summed E-state index contributed by atoms with van der Waals surface area (Å²) >= 11 is 0. The van der Waals surface area contributed by atoms with Gasteiger partial charge in [0.2, 0.25) is 11.8 Å². The van der Waals surface area contributed by atoms with Crippen LogP contribution in [0.15, 0.2) is 16.5 Å². The molecule has 0 amide bonds. The summed E-state index contributed by atoms with van der Waals surface area (Å²) in [5, 5.41) is 21.3. The second-order valence-electron chi connectivity index (χ2n) is 3.46. The zero-order valence-corrected chi connectivity index (χ0v) is 8.88. The molecule has 8 nitrogen and oxygen atoms in total. The number of guanidine groups is 1. The Morgan fingerprint density at radius 3 is 2.62 bits per heavy atom. The molecule has 1 aliphatic heterocycles. The van der Waals surface area contributed by atoms with Gasteiger partial charge in [0.05, 0.1) is 6.07 Å². The Morgan fingerprint density at radius 2 is 2.19 bits per heavy atom. The van der Waals surface area contributed by atoms with Crippen molar-refractivity contribution in [1.29, 1.82) is 5.41 Å². The summed E-state index contributed by atoms with van der Waals surface area (Å²) in [6.07, 6.45) is 0. The number of anilines is 1. The first kappa shape index (κ1) is 10.3. The van der Waals surface area contributed by atoms with Crippen LogP contribution < -0.4 is 5.01 Å². The minimum Gasteiger partial charge on any atom is -0.383 e. The van der Waals surface area contributed by atoms with E-state index in [1.807, 2.05) is 0 Å². The number of hydrogen-bond acceptors (Lipinski definition) is 5. The molecule has 0 bridgehead atoms. The Morgan fingerprint density at radius 1 is 1.50 bits per heavy atom. The third kappa shape index (κ3) is 1.44. The van der Waals surface area contributed by atoms with Crippen LogP contribution in [0.25, 0.3) is 0 Å². The minimum atomic E-state index is -0.589. The van der Waals surface area contributed by atoms with E-state index >= 15 is 0 Å². The third-order valence-electron chi connectivity index (χ3n) is 2.39. The highest BCUT2D eigenvalue weighted by atomic mass is 16.6. The van der Waals surface area contributed by atoms with E-state index in [2.05, 4.69) is 0 Å². The fraction of sp³-hybridized carbons (Fsp3) is 0.375. The molecule has 16 heavy (non-hydrogen) atoms. The second kappa shape index (κ2) is 3.40. The molecule has 2 heterocycles. The monoisotopic (exact) mass is 225 g/mol. The standard InChI is InChI=1S/C8H11N5O3/c1-10-5-12(11(2)8(10)9)6-3-4-7(16-6)13(14)15/h3-4,9H,5H2,1-2H3. The van der Waals surface area contributed by atoms with Gasteiger partial charge < -0.3 is 9.32 Å². The van der Waals surface area contributed by atoms with Crippen LogP contribution in [-0.4, -0.2) is 41.6 Å². The van der Waals surface area contributed by atoms with Crippen molar-refractivity contribution in [2.75, 3.05) is 25.8 Å². The van der Waals surface area contributed by atoms with Crippen LogP contribution in [0.1, 0.15) is 0 Å². The van der Waals surface area contributed by atoms with E-state index in [9.17, 15) is 10.1 Å². The molecule has 0 aromatic carbocycles. The molecule has 0 spiro atoms. The summed E-state index contributed by atoms with van der Waals surface area (Å²) in [5.41, 5.74) is 0. The van der Waals surface area contributed by atoms with Crippen molar-refractivity contribution in [2.24, 2.45) is 0 Å². The predicted octanol–water partition coefficient (Wildman–Crippen LogP) is 0.679. The van der Waals surface area contributed by atoms with Gasteiger partial charge in [-0.05, 0) is 0 Å². The molecule has 0 unspecified atom stereocenters. The predicted molar refractivity (Wildman–Crippen MR) is 56.0 cm³/mol. The van der Waals surface area contributed by atoms with Crippen molar-refractivity contribution in [1.82, 2.24) is 9.91 Å². The van der Waals surface area contributed by atoms with E-state index < -0.39 is 4.92 Å². The number of nitro groups is 1. The van der Waals surface area contributed by atoms with Crippen LogP contribution in [0, 0.1) is 15.5 Å². The fourth-order valence-corrected chi connectivity index (χ4v) is 1.50. The molecule has 1 aliphatic rings. The molecule has 8 heteroatoms. The Kier molecular flexibility index (Phi) is 2.18. The molecule has 1 fully saturated rings. The van der Waals surface area contributed by atoms with Gasteiger partial charge in [-0.25, -0.2) is 5.01 Å². The average Bonchev–Trinajstić information content (AvgIpc) is 2.79. The highest BCUT2D eigenvalue weighted by Gasteiger charge is 2.30. The molecule has 86 valence electrons. The number of hydrazine groups is 1. The number of hydrogen-bond donors (Lipinski definition) is 1. The maximum absolute atomic E-state index is 10.5. The minimum absolute atomic E-state index is 0.301. The molecule has 1 aromatic rings. The zero-order valence-electron chi connectivity index (χ0n) is 8.88. The summed E-state index contributed by atoms with van der Waals surface area (Å²) in [7, 11) is 3.45. The van der Waals surface area contributed by atoms with Crippen molar-refractivity contribution >= 4 is 17.7 Å². The summed E-state index contributed by atoms with van der Waals surface area (Å²) in [6.45, 7) is 0.431. The summed E-state index contributed by atoms with van der Waals surface area (Å²) < 4.78 is 5.06. The van der Waals surface area contributed by atoms with Crippen LogP contribution in [0.3, 0.4) is 0 Å². The van der Waals surface area contributed by atoms with Crippen molar-refractivity contribution in [3.8, 4) is 0 Å². The van der Waals surface area contributed by atoms with Gasteiger partial charge in [-0.3, -0.25) is 20.5 Å². The van der Waals surface area contributed by atoms with Crippen molar-refractivity contribution < 1.29 is 9.34 Å². The number of nitrogens with one attached hydrogen (secondary N) is 1. The first-order valence-electron chi connectivity index (χ1n) is 4.56. The fourth-order valence-electron chi connectivity index (χ4n) is 1.50. The summed E-state index contributed by atoms with van der Waals surface area (Å²) in [5.74, 6) is 0.354. The Labute approximate surface area is 91.3 Å². The zero-order chi connectivity index (χ0) is 11.9. The lowest BCUT2D eigenvalue weighted by Crippen LogP contribution is -2.35. The smallest absolute Gasteiger partial charge is 0.383 e. The lowest BCUT2D eigenvalue weighted by Gasteiger charge is -2.21. The van der Waals surface area contributed by atoms with Crippen molar-refractivity contribution in [3.05, 3.63) is 22.2 Å². The number of nitrogens with zero attached hydrogens (tertiary/aromatic N) is 4. The molecule has 1 N–H and O–H groups in total. The molecular weight excluding hydrogens is 214 g/mol. The van der Waals surface area contributed by atoms with E-state index in [0.717, 1.165) is 0 Å². The maximum Gasteiger partial charge on any atom is 0.434 e. The molecular formula is C8H11N5O3. The highest BCUT2D eigenvalue weighted by molar-refractivity contribution is 5.80. The molecule has 0 atom stereocenters. The lowest BCUT2D eigenvalue weighted by molar-refractivity contribution is -0.401. The van der Waals surface area contributed by atoms with Gasteiger partial charge in [-0.1, -0.05) is 0 Å². The van der Waals surface area contributed by atoms with Crippen LogP contribution in [-0.2, 0) is 0 Å². The van der Waals surface area contributed by atoms with Gasteiger partial charge >= 0.3 is 5.88 Å². The van der Waals surface area contributed by atoms with E-state index in [0.29, 0.717) is 18.5 Å². The molecule has 0 aliphatic carbocycles. The topological polar surface area (TPSA) is 89.8 Å². The van der Waals surface area contributed by atoms with Gasteiger partial charge in [0, 0.05) is 20.2 Å². The normalized spacial score (nSPS) is 16.1. The highest BCUT2D eigenvalue weighted by Crippen LogP contribution is 2.26. The quantitative estimate of drug-likeness (QED) is 0.588. The number of furan rings is 1. The van der Waals surface area contributed by atoms with E-state index in [-0.39, 0.29) is 5.88 Å². The first-order chi connectivity index (χ1) is 7.50. The maximum atomic E-state index is 10.5. The van der Waals surface area contributed by atoms with Gasteiger partial charge in [-0.15, -0.1) is 0 Å². The molecule has 0 radical (unpaired) electrons. The van der Waals surface area contributed by atoms with Gasteiger partial charge in [0.1, 0.15) is 11.6 Å². The average molecular weight is 225 g/mol. The van der Waals surface area contributed by atoms with Crippen molar-refractivity contribution in [3.63, 3.8) is 0 Å². The van der Waals surface area contributed by atoms with Gasteiger partial charge in [0.15, 0.2) is 0 Å². The summed E-state index contributed by atoms with van der Waals surface area (Å²) in [4.78, 5) is 11.6. The third-order valence-corrected chi connectivity index (χ3v) is 2.39. The Hall–Kier alpha value is -2.25. The molecule has 1 saturated heterocycles. The molecule has 2 rings (SSSR count). The first-order valence-corrected chi connectivity index (χ1v) is 4.56. The van der Waals surface area contributed by atoms with Gasteiger partial charge in [0.25, 0.3) is 0 Å². The summed E-state index contributed by atoms with van der Waals surface area (Å²) in [6, 6.07) is 2.81. The van der Waals surface area contributed by atoms with E-state index in [1.165, 1.54) is 12.1 Å². The van der Waals surface area contributed by atoms with Crippen LogP contribution in [0.2, 0.25) is 0 Å². The second-order valence-corrected chi connectivity index (χ2v) is 3.46. The Balaban J connectivity index is 2.25. The van der Waals surface area contributed by atoms with E-state index in [1.54, 1.807) is 29.0 Å². The van der Waals surface area contributed by atoms with Crippen LogP contribution >= 0.6 is 0 Å².